The summed E-state index contributed by atoms with van der Waals surface area (Å²) in [5.41, 5.74) is 3.69. The van der Waals surface area contributed by atoms with Crippen molar-refractivity contribution in [2.45, 2.75) is 48.5 Å². The maximum Gasteiger partial charge on any atom is 0.330 e. The van der Waals surface area contributed by atoms with Crippen molar-refractivity contribution in [1.82, 2.24) is 0 Å². The molecule has 0 heterocycles. The molecule has 0 spiro atoms. The fourth-order valence-electron chi connectivity index (χ4n) is 3.40. The molecule has 0 saturated carbocycles. The number of carbonyl (C=O) groups is 2. The molecule has 1 rings (SSSR count). The first-order valence-corrected chi connectivity index (χ1v) is 7.57. The van der Waals surface area contributed by atoms with Gasteiger partial charge in [-0.3, -0.25) is 9.59 Å². The van der Waals surface area contributed by atoms with Gasteiger partial charge in [-0.15, -0.1) is 0 Å². The van der Waals surface area contributed by atoms with Crippen LogP contribution in [0.5, 0.6) is 5.75 Å². The van der Waals surface area contributed by atoms with Crippen LogP contribution in [0, 0.1) is 23.2 Å². The summed E-state index contributed by atoms with van der Waals surface area (Å²) in [4.78, 5) is 25.1. The first-order valence-electron chi connectivity index (χ1n) is 7.57. The number of carbonyl (C=O) groups excluding carboxylic acids is 1. The number of carboxylic acid groups (broad SMARTS) is 1. The van der Waals surface area contributed by atoms with Crippen LogP contribution in [0.4, 0.5) is 5.69 Å². The average Bonchev–Trinajstić information content (AvgIpc) is 2.28. The number of ether oxygens (including phenoxy) is 1. The highest BCUT2D eigenvalue weighted by Gasteiger charge is 2.63. The molecule has 1 aromatic carbocycles. The van der Waals surface area contributed by atoms with E-state index in [1.807, 2.05) is 6.92 Å². The van der Waals surface area contributed by atoms with Gasteiger partial charge in [-0.2, -0.15) is 0 Å². The third-order valence-electron chi connectivity index (χ3n) is 4.24. The molecule has 0 aliphatic carbocycles. The highest BCUT2D eigenvalue weighted by Crippen LogP contribution is 2.52. The first-order chi connectivity index (χ1) is 10.2. The Hall–Kier alpha value is -2.04. The van der Waals surface area contributed by atoms with Crippen LogP contribution in [-0.4, -0.2) is 17.0 Å². The van der Waals surface area contributed by atoms with Crippen LogP contribution in [-0.2, 0) is 9.59 Å². The zero-order chi connectivity index (χ0) is 18.2. The van der Waals surface area contributed by atoms with Crippen molar-refractivity contribution in [1.29, 1.82) is 0 Å². The molecule has 0 unspecified atom stereocenters. The van der Waals surface area contributed by atoms with E-state index in [-0.39, 0.29) is 5.75 Å². The Balaban J connectivity index is 3.44. The normalized spacial score (nSPS) is 12.8. The number of anilines is 1. The number of nitrogen functional groups attached to an aromatic ring is 1. The highest BCUT2D eigenvalue weighted by atomic mass is 16.5. The second kappa shape index (κ2) is 5.87. The standard InChI is InChI=1S/C18H27NO4/c1-11-8-9-13(12(19)10-11)23-15(22)18(14(20)21,16(2,3)4)17(5,6)7/h8-10H,19H2,1-7H3,(H,20,21). The summed E-state index contributed by atoms with van der Waals surface area (Å²) in [6.07, 6.45) is 0. The highest BCUT2D eigenvalue weighted by molar-refractivity contribution is 6.02. The molecule has 0 atom stereocenters. The van der Waals surface area contributed by atoms with Crippen molar-refractivity contribution >= 4 is 17.6 Å². The second-order valence-corrected chi connectivity index (χ2v) is 7.99. The Kier molecular flexibility index (Phi) is 4.85. The van der Waals surface area contributed by atoms with Gasteiger partial charge < -0.3 is 15.6 Å². The van der Waals surface area contributed by atoms with Crippen molar-refractivity contribution in [3.8, 4) is 5.75 Å². The van der Waals surface area contributed by atoms with Crippen LogP contribution in [0.25, 0.3) is 0 Å². The molecule has 5 heteroatoms. The molecule has 0 aliphatic heterocycles. The number of hydrogen-bond acceptors (Lipinski definition) is 4. The molecule has 23 heavy (non-hydrogen) atoms. The SMILES string of the molecule is Cc1ccc(OC(=O)C(C(=O)O)(C(C)(C)C)C(C)(C)C)c(N)c1. The zero-order valence-corrected chi connectivity index (χ0v) is 15.0. The van der Waals surface area contributed by atoms with E-state index in [1.54, 1.807) is 59.7 Å². The number of rotatable bonds is 3. The largest absolute Gasteiger partial charge is 0.480 e. The van der Waals surface area contributed by atoms with Gasteiger partial charge >= 0.3 is 11.9 Å². The van der Waals surface area contributed by atoms with Crippen LogP contribution >= 0.6 is 0 Å². The number of aryl methyl sites for hydroxylation is 1. The number of carboxylic acids is 1. The van der Waals surface area contributed by atoms with Crippen LogP contribution in [0.2, 0.25) is 0 Å². The summed E-state index contributed by atoms with van der Waals surface area (Å²) in [6.45, 7) is 12.2. The fourth-order valence-corrected chi connectivity index (χ4v) is 3.40. The molecule has 0 saturated heterocycles. The quantitative estimate of drug-likeness (QED) is 0.384. The van der Waals surface area contributed by atoms with Gasteiger partial charge in [-0.05, 0) is 35.4 Å². The third-order valence-corrected chi connectivity index (χ3v) is 4.24. The lowest BCUT2D eigenvalue weighted by atomic mass is 9.54. The number of hydrogen-bond donors (Lipinski definition) is 2. The van der Waals surface area contributed by atoms with Gasteiger partial charge in [0, 0.05) is 0 Å². The van der Waals surface area contributed by atoms with Crippen molar-refractivity contribution in [2.75, 3.05) is 5.73 Å². The molecule has 0 aliphatic rings. The third kappa shape index (κ3) is 3.19. The second-order valence-electron chi connectivity index (χ2n) is 7.99. The van der Waals surface area contributed by atoms with Gasteiger partial charge in [-0.1, -0.05) is 47.6 Å². The van der Waals surface area contributed by atoms with Crippen molar-refractivity contribution in [3.05, 3.63) is 23.8 Å². The van der Waals surface area contributed by atoms with Gasteiger partial charge in [0.25, 0.3) is 0 Å². The number of aliphatic carboxylic acids is 1. The van der Waals surface area contributed by atoms with E-state index in [0.29, 0.717) is 5.69 Å². The van der Waals surface area contributed by atoms with E-state index in [1.165, 1.54) is 0 Å². The summed E-state index contributed by atoms with van der Waals surface area (Å²) >= 11 is 0. The minimum Gasteiger partial charge on any atom is -0.480 e. The van der Waals surface area contributed by atoms with Crippen molar-refractivity contribution in [2.24, 2.45) is 16.2 Å². The minimum absolute atomic E-state index is 0.180. The average molecular weight is 321 g/mol. The monoisotopic (exact) mass is 321 g/mol. The Bertz CT molecular complexity index is 607. The number of benzene rings is 1. The summed E-state index contributed by atoms with van der Waals surface area (Å²) in [5.74, 6) is -1.83. The van der Waals surface area contributed by atoms with E-state index >= 15 is 0 Å². The molecule has 5 nitrogen and oxygen atoms in total. The fraction of sp³-hybridized carbons (Fsp3) is 0.556. The molecular weight excluding hydrogens is 294 g/mol. The minimum atomic E-state index is -1.72. The Morgan fingerprint density at radius 3 is 1.87 bits per heavy atom. The van der Waals surface area contributed by atoms with E-state index in [9.17, 15) is 14.7 Å². The van der Waals surface area contributed by atoms with Crippen molar-refractivity contribution in [3.63, 3.8) is 0 Å². The number of esters is 1. The molecular formula is C18H27NO4. The predicted molar refractivity (Wildman–Crippen MR) is 90.2 cm³/mol. The Morgan fingerprint density at radius 1 is 1.04 bits per heavy atom. The smallest absolute Gasteiger partial charge is 0.330 e. The van der Waals surface area contributed by atoms with Gasteiger partial charge in [0.2, 0.25) is 0 Å². The van der Waals surface area contributed by atoms with Crippen LogP contribution < -0.4 is 10.5 Å². The summed E-state index contributed by atoms with van der Waals surface area (Å²) in [5, 5.41) is 9.92. The van der Waals surface area contributed by atoms with E-state index in [2.05, 4.69) is 0 Å². The van der Waals surface area contributed by atoms with Gasteiger partial charge in [-0.25, -0.2) is 0 Å². The maximum atomic E-state index is 12.9. The zero-order valence-electron chi connectivity index (χ0n) is 15.0. The molecule has 128 valence electrons. The van der Waals surface area contributed by atoms with Crippen LogP contribution in [0.1, 0.15) is 47.1 Å². The van der Waals surface area contributed by atoms with Gasteiger partial charge in [0.05, 0.1) is 5.69 Å². The molecule has 3 N–H and O–H groups in total. The lowest BCUT2D eigenvalue weighted by molar-refractivity contribution is -0.184. The predicted octanol–water partition coefficient (Wildman–Crippen LogP) is 3.65. The van der Waals surface area contributed by atoms with Gasteiger partial charge in [0.1, 0.15) is 0 Å². The Labute approximate surface area is 137 Å². The van der Waals surface area contributed by atoms with Crippen molar-refractivity contribution < 1.29 is 19.4 Å². The molecule has 0 fully saturated rings. The summed E-state index contributed by atoms with van der Waals surface area (Å²) < 4.78 is 5.44. The molecule has 1 aromatic rings. The molecule has 0 radical (unpaired) electrons. The molecule has 0 aromatic heterocycles. The van der Waals surface area contributed by atoms with E-state index in [0.717, 1.165) is 5.56 Å². The first kappa shape index (κ1) is 19.0. The van der Waals surface area contributed by atoms with Gasteiger partial charge in [0.15, 0.2) is 11.2 Å². The van der Waals surface area contributed by atoms with Crippen LogP contribution in [0.3, 0.4) is 0 Å². The Morgan fingerprint density at radius 2 is 1.52 bits per heavy atom. The van der Waals surface area contributed by atoms with E-state index in [4.69, 9.17) is 10.5 Å². The summed E-state index contributed by atoms with van der Waals surface area (Å²) in [7, 11) is 0. The maximum absolute atomic E-state index is 12.9. The van der Waals surface area contributed by atoms with Crippen LogP contribution in [0.15, 0.2) is 18.2 Å². The molecule has 0 bridgehead atoms. The summed E-state index contributed by atoms with van der Waals surface area (Å²) in [6, 6.07) is 5.02. The molecule has 0 amide bonds. The lowest BCUT2D eigenvalue weighted by Crippen LogP contribution is -2.59. The topological polar surface area (TPSA) is 89.6 Å². The van der Waals surface area contributed by atoms with E-state index < -0.39 is 28.2 Å². The number of nitrogens with two attached hydrogens (primary N) is 1. The lowest BCUT2D eigenvalue weighted by Gasteiger charge is -2.47.